The van der Waals surface area contributed by atoms with E-state index in [0.717, 1.165) is 12.3 Å². The Morgan fingerprint density at radius 1 is 1.28 bits per heavy atom. The highest BCUT2D eigenvalue weighted by molar-refractivity contribution is 5.94. The molecule has 9 heteroatoms. The highest BCUT2D eigenvalue weighted by Gasteiger charge is 2.20. The van der Waals surface area contributed by atoms with Crippen LogP contribution in [-0.4, -0.2) is 30.0 Å². The average molecular weight is 347 g/mol. The molecule has 0 radical (unpaired) electrons. The number of pyridine rings is 1. The van der Waals surface area contributed by atoms with Gasteiger partial charge in [-0.2, -0.15) is 0 Å². The Kier molecular flexibility index (Phi) is 5.38. The third-order valence-electron chi connectivity index (χ3n) is 3.59. The molecule has 0 aliphatic carbocycles. The molecular formula is C16H17N3O6. The number of benzene rings is 1. The van der Waals surface area contributed by atoms with Crippen molar-refractivity contribution in [3.63, 3.8) is 0 Å². The smallest absolute Gasteiger partial charge is 0.286 e. The molecule has 0 spiro atoms. The lowest BCUT2D eigenvalue weighted by Crippen LogP contribution is -2.31. The summed E-state index contributed by atoms with van der Waals surface area (Å²) in [6.07, 6.45) is 0.938. The molecule has 1 atom stereocenters. The van der Waals surface area contributed by atoms with E-state index in [4.69, 9.17) is 9.47 Å². The molecule has 1 amide bonds. The first-order valence-electron chi connectivity index (χ1n) is 7.27. The topological polar surface area (TPSA) is 124 Å². The molecule has 1 aromatic heterocycles. The zero-order valence-electron chi connectivity index (χ0n) is 13.9. The molecule has 2 rings (SSSR count). The van der Waals surface area contributed by atoms with Crippen molar-refractivity contribution in [2.75, 3.05) is 14.2 Å². The molecule has 2 aromatic rings. The largest absolute Gasteiger partial charge is 0.497 e. The van der Waals surface area contributed by atoms with Crippen LogP contribution in [0.15, 0.2) is 35.3 Å². The maximum atomic E-state index is 12.4. The lowest BCUT2D eigenvalue weighted by Gasteiger charge is -2.18. The van der Waals surface area contributed by atoms with Crippen molar-refractivity contribution < 1.29 is 19.2 Å². The van der Waals surface area contributed by atoms with Crippen LogP contribution >= 0.6 is 0 Å². The van der Waals surface area contributed by atoms with E-state index in [1.54, 1.807) is 25.1 Å². The van der Waals surface area contributed by atoms with E-state index < -0.39 is 22.4 Å². The molecule has 1 aromatic carbocycles. The third kappa shape index (κ3) is 3.94. The number of hydrogen-bond donors (Lipinski definition) is 2. The normalized spacial score (nSPS) is 11.5. The summed E-state index contributed by atoms with van der Waals surface area (Å²) in [5, 5.41) is 13.4. The first-order valence-corrected chi connectivity index (χ1v) is 7.27. The van der Waals surface area contributed by atoms with Gasteiger partial charge in [0.2, 0.25) is 0 Å². The summed E-state index contributed by atoms with van der Waals surface area (Å²) in [4.78, 5) is 36.4. The van der Waals surface area contributed by atoms with Crippen LogP contribution in [0.4, 0.5) is 5.69 Å². The minimum Gasteiger partial charge on any atom is -0.497 e. The third-order valence-corrected chi connectivity index (χ3v) is 3.59. The second-order valence-electron chi connectivity index (χ2n) is 5.16. The van der Waals surface area contributed by atoms with Gasteiger partial charge in [0.25, 0.3) is 17.2 Å². The number of H-pyrrole nitrogens is 1. The fourth-order valence-electron chi connectivity index (χ4n) is 2.28. The molecule has 0 saturated heterocycles. The molecule has 25 heavy (non-hydrogen) atoms. The number of carbonyl (C=O) groups excluding carboxylic acids is 1. The summed E-state index contributed by atoms with van der Waals surface area (Å²) < 4.78 is 10.4. The summed E-state index contributed by atoms with van der Waals surface area (Å²) in [6.45, 7) is 1.70. The second-order valence-corrected chi connectivity index (χ2v) is 5.16. The van der Waals surface area contributed by atoms with Crippen LogP contribution in [0.3, 0.4) is 0 Å². The number of ether oxygens (including phenoxy) is 2. The minimum absolute atomic E-state index is 0.345. The Hall–Kier alpha value is -3.36. The fourth-order valence-corrected chi connectivity index (χ4v) is 2.28. The number of aromatic nitrogens is 1. The number of hydrogen-bond acceptors (Lipinski definition) is 6. The van der Waals surface area contributed by atoms with Crippen molar-refractivity contribution >= 4 is 11.6 Å². The Morgan fingerprint density at radius 2 is 2.00 bits per heavy atom. The number of aromatic amines is 1. The van der Waals surface area contributed by atoms with Crippen LogP contribution in [0.25, 0.3) is 0 Å². The summed E-state index contributed by atoms with van der Waals surface area (Å²) in [5.41, 5.74) is -0.802. The molecule has 0 aliphatic rings. The SMILES string of the molecule is COc1ccc(OC)c(C(C)NC(=O)c2cc([N+](=O)[O-])c[nH]c2=O)c1. The Balaban J connectivity index is 2.31. The van der Waals surface area contributed by atoms with Gasteiger partial charge in [0, 0.05) is 11.6 Å². The van der Waals surface area contributed by atoms with Gasteiger partial charge < -0.3 is 19.8 Å². The van der Waals surface area contributed by atoms with Crippen LogP contribution in [0.2, 0.25) is 0 Å². The predicted molar refractivity (Wildman–Crippen MR) is 89.1 cm³/mol. The Bertz CT molecular complexity index is 861. The first kappa shape index (κ1) is 18.0. The molecule has 1 unspecified atom stereocenters. The van der Waals surface area contributed by atoms with Crippen LogP contribution < -0.4 is 20.3 Å². The maximum Gasteiger partial charge on any atom is 0.286 e. The van der Waals surface area contributed by atoms with Crippen molar-refractivity contribution in [1.29, 1.82) is 0 Å². The van der Waals surface area contributed by atoms with Gasteiger partial charge in [0.05, 0.1) is 31.4 Å². The number of methoxy groups -OCH3 is 2. The van der Waals surface area contributed by atoms with E-state index in [0.29, 0.717) is 17.1 Å². The van der Waals surface area contributed by atoms with E-state index in [9.17, 15) is 19.7 Å². The number of nitrogens with one attached hydrogen (secondary N) is 2. The van der Waals surface area contributed by atoms with Crippen LogP contribution in [0.5, 0.6) is 11.5 Å². The van der Waals surface area contributed by atoms with Crippen LogP contribution in [-0.2, 0) is 0 Å². The zero-order valence-corrected chi connectivity index (χ0v) is 13.9. The molecule has 0 saturated carbocycles. The summed E-state index contributed by atoms with van der Waals surface area (Å²) in [7, 11) is 3.00. The van der Waals surface area contributed by atoms with E-state index in [2.05, 4.69) is 10.3 Å². The van der Waals surface area contributed by atoms with Gasteiger partial charge in [-0.25, -0.2) is 0 Å². The number of nitro groups is 1. The van der Waals surface area contributed by atoms with E-state index in [-0.39, 0.29) is 11.3 Å². The summed E-state index contributed by atoms with van der Waals surface area (Å²) in [6, 6.07) is 5.50. The van der Waals surface area contributed by atoms with Gasteiger partial charge in [0.1, 0.15) is 17.1 Å². The van der Waals surface area contributed by atoms with Crippen molar-refractivity contribution in [1.82, 2.24) is 10.3 Å². The molecule has 1 heterocycles. The number of nitrogens with zero attached hydrogens (tertiary/aromatic N) is 1. The predicted octanol–water partition coefficient (Wildman–Crippen LogP) is 1.79. The molecule has 9 nitrogen and oxygen atoms in total. The minimum atomic E-state index is -0.734. The van der Waals surface area contributed by atoms with Crippen molar-refractivity contribution in [2.24, 2.45) is 0 Å². The average Bonchev–Trinajstić information content (AvgIpc) is 2.60. The van der Waals surface area contributed by atoms with Gasteiger partial charge in [-0.05, 0) is 25.1 Å². The monoisotopic (exact) mass is 347 g/mol. The van der Waals surface area contributed by atoms with Crippen LogP contribution in [0.1, 0.15) is 28.9 Å². The standard InChI is InChI=1S/C16H17N3O6/c1-9(12-7-11(24-2)4-5-14(12)25-3)18-16(21)13-6-10(19(22)23)8-17-15(13)20/h4-9H,1-3H3,(H,17,20)(H,18,21). The second kappa shape index (κ2) is 7.47. The van der Waals surface area contributed by atoms with Gasteiger partial charge in [-0.1, -0.05) is 0 Å². The first-order chi connectivity index (χ1) is 11.9. The number of rotatable bonds is 6. The summed E-state index contributed by atoms with van der Waals surface area (Å²) >= 11 is 0. The Labute approximate surface area is 142 Å². The summed E-state index contributed by atoms with van der Waals surface area (Å²) in [5.74, 6) is 0.369. The van der Waals surface area contributed by atoms with Gasteiger partial charge in [-0.3, -0.25) is 19.7 Å². The lowest BCUT2D eigenvalue weighted by molar-refractivity contribution is -0.385. The van der Waals surface area contributed by atoms with Gasteiger partial charge in [0.15, 0.2) is 0 Å². The number of amides is 1. The maximum absolute atomic E-state index is 12.4. The quantitative estimate of drug-likeness (QED) is 0.606. The van der Waals surface area contributed by atoms with Crippen molar-refractivity contribution in [3.05, 3.63) is 62.1 Å². The molecular weight excluding hydrogens is 330 g/mol. The molecule has 0 aliphatic heterocycles. The van der Waals surface area contributed by atoms with E-state index in [1.807, 2.05) is 0 Å². The molecule has 132 valence electrons. The molecule has 0 fully saturated rings. The highest BCUT2D eigenvalue weighted by atomic mass is 16.6. The Morgan fingerprint density at radius 3 is 2.60 bits per heavy atom. The molecule has 0 bridgehead atoms. The van der Waals surface area contributed by atoms with E-state index >= 15 is 0 Å². The van der Waals surface area contributed by atoms with E-state index in [1.165, 1.54) is 14.2 Å². The fraction of sp³-hybridized carbons (Fsp3) is 0.250. The van der Waals surface area contributed by atoms with Crippen molar-refractivity contribution in [3.8, 4) is 11.5 Å². The number of carbonyl (C=O) groups is 1. The van der Waals surface area contributed by atoms with Gasteiger partial charge in [-0.15, -0.1) is 0 Å². The van der Waals surface area contributed by atoms with Crippen molar-refractivity contribution in [2.45, 2.75) is 13.0 Å². The van der Waals surface area contributed by atoms with Crippen LogP contribution in [0, 0.1) is 10.1 Å². The molecule has 2 N–H and O–H groups in total. The zero-order chi connectivity index (χ0) is 18.6. The van der Waals surface area contributed by atoms with Gasteiger partial charge >= 0.3 is 0 Å². The lowest BCUT2D eigenvalue weighted by atomic mass is 10.1. The highest BCUT2D eigenvalue weighted by Crippen LogP contribution is 2.29.